The second-order valence-corrected chi connectivity index (χ2v) is 3.35. The minimum atomic E-state index is -2.38. The van der Waals surface area contributed by atoms with Crippen molar-refractivity contribution in [3.05, 3.63) is 0 Å². The first-order chi connectivity index (χ1) is 4.64. The summed E-state index contributed by atoms with van der Waals surface area (Å²) in [5.74, 6) is -1.18. The summed E-state index contributed by atoms with van der Waals surface area (Å²) >= 11 is 4.08. The van der Waals surface area contributed by atoms with Crippen molar-refractivity contribution in [1.82, 2.24) is 0 Å². The molecule has 1 aliphatic carbocycles. The van der Waals surface area contributed by atoms with Gasteiger partial charge in [-0.1, -0.05) is 0 Å². The third kappa shape index (κ3) is 2.11. The molecule has 0 spiro atoms. The molecule has 1 saturated carbocycles. The minimum Gasteiger partial charge on any atom is -0.207 e. The molecule has 0 aliphatic heterocycles. The van der Waals surface area contributed by atoms with Gasteiger partial charge in [-0.15, -0.1) is 0 Å². The Hall–Kier alpha value is 0.210. The first-order valence-corrected chi connectivity index (χ1v) is 4.26. The Bertz CT molecular complexity index is 104. The predicted octanol–water partition coefficient (Wildman–Crippen LogP) is 2.74. The number of hydrogen-bond acceptors (Lipinski definition) is 1. The van der Waals surface area contributed by atoms with Gasteiger partial charge in [0, 0.05) is 12.8 Å². The van der Waals surface area contributed by atoms with E-state index in [1.165, 1.54) is 0 Å². The fraction of sp³-hybridized carbons (Fsp3) is 1.00. The van der Waals surface area contributed by atoms with Crippen LogP contribution in [0.2, 0.25) is 0 Å². The van der Waals surface area contributed by atoms with E-state index in [1.807, 2.05) is 0 Å². The SMILES string of the molecule is FC1(F)CCC(CS)CC1. The molecule has 0 saturated heterocycles. The summed E-state index contributed by atoms with van der Waals surface area (Å²) in [7, 11) is 0. The van der Waals surface area contributed by atoms with Gasteiger partial charge >= 0.3 is 0 Å². The summed E-state index contributed by atoms with van der Waals surface area (Å²) in [5, 5.41) is 0. The lowest BCUT2D eigenvalue weighted by molar-refractivity contribution is -0.0433. The van der Waals surface area contributed by atoms with Crippen LogP contribution in [-0.4, -0.2) is 11.7 Å². The molecule has 60 valence electrons. The molecule has 0 unspecified atom stereocenters. The molecule has 0 amide bonds. The quantitative estimate of drug-likeness (QED) is 0.569. The van der Waals surface area contributed by atoms with Crippen molar-refractivity contribution in [2.75, 3.05) is 5.75 Å². The van der Waals surface area contributed by atoms with Crippen molar-refractivity contribution in [1.29, 1.82) is 0 Å². The summed E-state index contributed by atoms with van der Waals surface area (Å²) in [4.78, 5) is 0. The second-order valence-electron chi connectivity index (χ2n) is 2.98. The number of halogens is 2. The number of rotatable bonds is 1. The number of hydrogen-bond donors (Lipinski definition) is 1. The Morgan fingerprint density at radius 2 is 1.80 bits per heavy atom. The van der Waals surface area contributed by atoms with Crippen molar-refractivity contribution in [2.24, 2.45) is 5.92 Å². The summed E-state index contributed by atoms with van der Waals surface area (Å²) in [6, 6.07) is 0. The van der Waals surface area contributed by atoms with E-state index in [9.17, 15) is 8.78 Å². The first kappa shape index (κ1) is 8.31. The van der Waals surface area contributed by atoms with Gasteiger partial charge in [0.2, 0.25) is 5.92 Å². The minimum absolute atomic E-state index is 0.0677. The van der Waals surface area contributed by atoms with Gasteiger partial charge in [0.05, 0.1) is 0 Å². The molecule has 1 rings (SSSR count). The lowest BCUT2D eigenvalue weighted by Gasteiger charge is -2.26. The summed E-state index contributed by atoms with van der Waals surface area (Å²) in [5.41, 5.74) is 0. The van der Waals surface area contributed by atoms with Gasteiger partial charge in [-0.2, -0.15) is 12.6 Å². The standard InChI is InChI=1S/C7H12F2S/c8-7(9)3-1-6(5-10)2-4-7/h6,10H,1-5H2. The maximum absolute atomic E-state index is 12.5. The fourth-order valence-corrected chi connectivity index (χ4v) is 1.65. The highest BCUT2D eigenvalue weighted by atomic mass is 32.1. The zero-order chi connectivity index (χ0) is 7.61. The van der Waals surface area contributed by atoms with E-state index in [-0.39, 0.29) is 12.8 Å². The molecule has 0 bridgehead atoms. The Kier molecular flexibility index (Phi) is 2.55. The topological polar surface area (TPSA) is 0 Å². The van der Waals surface area contributed by atoms with Crippen LogP contribution in [0.4, 0.5) is 8.78 Å². The average Bonchev–Trinajstić information content (AvgIpc) is 1.88. The second kappa shape index (κ2) is 3.07. The van der Waals surface area contributed by atoms with Gasteiger partial charge in [0.25, 0.3) is 0 Å². The van der Waals surface area contributed by atoms with Gasteiger partial charge in [0.1, 0.15) is 0 Å². The Labute approximate surface area is 65.4 Å². The normalized spacial score (nSPS) is 26.7. The van der Waals surface area contributed by atoms with Gasteiger partial charge < -0.3 is 0 Å². The molecule has 1 fully saturated rings. The van der Waals surface area contributed by atoms with Crippen LogP contribution in [0, 0.1) is 5.92 Å². The highest BCUT2D eigenvalue weighted by Gasteiger charge is 2.34. The molecule has 0 aromatic heterocycles. The van der Waals surface area contributed by atoms with Gasteiger partial charge in [-0.3, -0.25) is 0 Å². The van der Waals surface area contributed by atoms with Crippen LogP contribution in [0.15, 0.2) is 0 Å². The monoisotopic (exact) mass is 166 g/mol. The third-order valence-electron chi connectivity index (χ3n) is 2.09. The Balaban J connectivity index is 2.31. The highest BCUT2D eigenvalue weighted by Crippen LogP contribution is 2.36. The van der Waals surface area contributed by atoms with Crippen molar-refractivity contribution in [3.8, 4) is 0 Å². The molecular formula is C7H12F2S. The molecule has 10 heavy (non-hydrogen) atoms. The Morgan fingerprint density at radius 3 is 2.20 bits per heavy atom. The van der Waals surface area contributed by atoms with Crippen LogP contribution in [0.1, 0.15) is 25.7 Å². The Morgan fingerprint density at radius 1 is 1.30 bits per heavy atom. The van der Waals surface area contributed by atoms with E-state index in [0.717, 1.165) is 5.75 Å². The van der Waals surface area contributed by atoms with Crippen LogP contribution >= 0.6 is 12.6 Å². The van der Waals surface area contributed by atoms with Crippen LogP contribution in [-0.2, 0) is 0 Å². The van der Waals surface area contributed by atoms with Gasteiger partial charge in [0.15, 0.2) is 0 Å². The summed E-state index contributed by atoms with van der Waals surface area (Å²) in [6.45, 7) is 0. The molecule has 0 atom stereocenters. The lowest BCUT2D eigenvalue weighted by atomic mass is 9.88. The zero-order valence-corrected chi connectivity index (χ0v) is 6.71. The molecular weight excluding hydrogens is 154 g/mol. The van der Waals surface area contributed by atoms with Crippen molar-refractivity contribution >= 4 is 12.6 Å². The molecule has 0 N–H and O–H groups in total. The highest BCUT2D eigenvalue weighted by molar-refractivity contribution is 7.80. The molecule has 0 nitrogen and oxygen atoms in total. The van der Waals surface area contributed by atoms with Crippen LogP contribution in [0.25, 0.3) is 0 Å². The van der Waals surface area contributed by atoms with Crippen LogP contribution in [0.3, 0.4) is 0 Å². The smallest absolute Gasteiger partial charge is 0.207 e. The van der Waals surface area contributed by atoms with Crippen LogP contribution < -0.4 is 0 Å². The molecule has 3 heteroatoms. The maximum atomic E-state index is 12.5. The molecule has 0 radical (unpaired) electrons. The van der Waals surface area contributed by atoms with Gasteiger partial charge in [-0.25, -0.2) is 8.78 Å². The van der Waals surface area contributed by atoms with Crippen LogP contribution in [0.5, 0.6) is 0 Å². The van der Waals surface area contributed by atoms with Crippen molar-refractivity contribution < 1.29 is 8.78 Å². The molecule has 0 aromatic rings. The predicted molar refractivity (Wildman–Crippen MR) is 40.8 cm³/mol. The van der Waals surface area contributed by atoms with E-state index < -0.39 is 5.92 Å². The molecule has 1 aliphatic rings. The van der Waals surface area contributed by atoms with E-state index >= 15 is 0 Å². The fourth-order valence-electron chi connectivity index (χ4n) is 1.28. The van der Waals surface area contributed by atoms with Gasteiger partial charge in [-0.05, 0) is 24.5 Å². The zero-order valence-electron chi connectivity index (χ0n) is 5.82. The van der Waals surface area contributed by atoms with Crippen molar-refractivity contribution in [3.63, 3.8) is 0 Å². The molecule has 0 heterocycles. The third-order valence-corrected chi connectivity index (χ3v) is 2.61. The van der Waals surface area contributed by atoms with E-state index in [2.05, 4.69) is 12.6 Å². The van der Waals surface area contributed by atoms with E-state index in [1.54, 1.807) is 0 Å². The maximum Gasteiger partial charge on any atom is 0.248 e. The number of alkyl halides is 2. The first-order valence-electron chi connectivity index (χ1n) is 3.63. The van der Waals surface area contributed by atoms with E-state index in [4.69, 9.17) is 0 Å². The number of thiol groups is 1. The molecule has 0 aromatic carbocycles. The summed E-state index contributed by atoms with van der Waals surface area (Å²) in [6.07, 6.45) is 1.43. The summed E-state index contributed by atoms with van der Waals surface area (Å²) < 4.78 is 25.0. The van der Waals surface area contributed by atoms with E-state index in [0.29, 0.717) is 18.8 Å². The lowest BCUT2D eigenvalue weighted by Crippen LogP contribution is -2.25. The average molecular weight is 166 g/mol. The largest absolute Gasteiger partial charge is 0.248 e. The van der Waals surface area contributed by atoms with Crippen molar-refractivity contribution in [2.45, 2.75) is 31.6 Å².